The Labute approximate surface area is 133 Å². The van der Waals surface area contributed by atoms with Gasteiger partial charge in [0.15, 0.2) is 0 Å². The van der Waals surface area contributed by atoms with Gasteiger partial charge in [-0.3, -0.25) is 4.79 Å². The highest BCUT2D eigenvalue weighted by Gasteiger charge is 2.60. The van der Waals surface area contributed by atoms with Crippen molar-refractivity contribution in [3.05, 3.63) is 10.6 Å². The molecule has 1 unspecified atom stereocenters. The van der Waals surface area contributed by atoms with Crippen LogP contribution in [0.15, 0.2) is 10.6 Å². The third-order valence-electron chi connectivity index (χ3n) is 4.71. The lowest BCUT2D eigenvalue weighted by atomic mass is 9.79. The molecule has 22 heavy (non-hydrogen) atoms. The first-order valence-corrected chi connectivity index (χ1v) is 8.58. The van der Waals surface area contributed by atoms with Gasteiger partial charge >= 0.3 is 5.97 Å². The van der Waals surface area contributed by atoms with Crippen molar-refractivity contribution in [1.82, 2.24) is 4.90 Å². The molecular formula is C15H21NO5S. The Kier molecular flexibility index (Phi) is 4.22. The van der Waals surface area contributed by atoms with Gasteiger partial charge < -0.3 is 19.8 Å². The smallest absolute Gasteiger partial charge is 0.353 e. The molecule has 2 saturated heterocycles. The lowest BCUT2D eigenvalue weighted by molar-refractivity contribution is -0.163. The second-order valence-corrected chi connectivity index (χ2v) is 7.39. The maximum absolute atomic E-state index is 12.2. The van der Waals surface area contributed by atoms with E-state index in [1.807, 2.05) is 6.92 Å². The van der Waals surface area contributed by atoms with E-state index in [9.17, 15) is 19.8 Å². The van der Waals surface area contributed by atoms with Gasteiger partial charge in [-0.05, 0) is 26.2 Å². The molecule has 0 radical (unpaired) electrons. The number of aliphatic hydroxyl groups is 1. The van der Waals surface area contributed by atoms with Crippen LogP contribution in [0.4, 0.5) is 0 Å². The summed E-state index contributed by atoms with van der Waals surface area (Å²) in [6, 6.07) is -0.246. The molecule has 5 atom stereocenters. The number of carbonyl (C=O) groups is 2. The van der Waals surface area contributed by atoms with E-state index in [1.165, 1.54) is 16.7 Å². The zero-order chi connectivity index (χ0) is 16.0. The Hall–Kier alpha value is -1.05. The van der Waals surface area contributed by atoms with Crippen molar-refractivity contribution in [3.63, 3.8) is 0 Å². The summed E-state index contributed by atoms with van der Waals surface area (Å²) in [5, 5.41) is 19.3. The van der Waals surface area contributed by atoms with E-state index in [0.717, 1.165) is 19.3 Å². The summed E-state index contributed by atoms with van der Waals surface area (Å²) in [6.45, 7) is 4.22. The maximum Gasteiger partial charge on any atom is 0.353 e. The van der Waals surface area contributed by atoms with E-state index in [2.05, 4.69) is 0 Å². The van der Waals surface area contributed by atoms with Crippen molar-refractivity contribution in [2.75, 3.05) is 6.61 Å². The molecule has 3 rings (SSSR count). The molecular weight excluding hydrogens is 306 g/mol. The quantitative estimate of drug-likeness (QED) is 0.759. The fourth-order valence-electron chi connectivity index (χ4n) is 3.62. The number of aliphatic hydroxyl groups excluding tert-OH is 1. The van der Waals surface area contributed by atoms with Crippen LogP contribution in [0.3, 0.4) is 0 Å². The van der Waals surface area contributed by atoms with Crippen molar-refractivity contribution < 1.29 is 24.5 Å². The number of β-lactam (4-membered cyclic amide) rings is 1. The zero-order valence-corrected chi connectivity index (χ0v) is 13.5. The van der Waals surface area contributed by atoms with Gasteiger partial charge in [-0.25, -0.2) is 4.79 Å². The summed E-state index contributed by atoms with van der Waals surface area (Å²) in [5.74, 6) is -1.96. The monoisotopic (exact) mass is 327 g/mol. The number of fused-ring (bicyclic) bond motifs is 1. The number of aliphatic carboxylic acids is 1. The Bertz CT molecular complexity index is 526. The van der Waals surface area contributed by atoms with E-state index < -0.39 is 18.0 Å². The minimum atomic E-state index is -1.08. The molecule has 3 aliphatic rings. The molecule has 0 spiro atoms. The molecule has 0 saturated carbocycles. The van der Waals surface area contributed by atoms with Gasteiger partial charge in [0, 0.05) is 17.4 Å². The average molecular weight is 327 g/mol. The fraction of sp³-hybridized carbons (Fsp3) is 0.733. The summed E-state index contributed by atoms with van der Waals surface area (Å²) >= 11 is 1.44. The summed E-state index contributed by atoms with van der Waals surface area (Å²) in [6.07, 6.45) is 2.24. The average Bonchev–Trinajstić information content (AvgIpc) is 2.70. The summed E-state index contributed by atoms with van der Waals surface area (Å²) < 4.78 is 5.69. The van der Waals surface area contributed by atoms with Crippen LogP contribution < -0.4 is 0 Å². The number of ether oxygens (including phenoxy) is 1. The number of carboxylic acid groups (broad SMARTS) is 1. The minimum Gasteiger partial charge on any atom is -0.477 e. The number of hydrogen-bond acceptors (Lipinski definition) is 5. The second-order valence-electron chi connectivity index (χ2n) is 6.19. The molecule has 122 valence electrons. The van der Waals surface area contributed by atoms with E-state index in [1.54, 1.807) is 6.92 Å². The first kappa shape index (κ1) is 15.8. The Morgan fingerprint density at radius 3 is 2.73 bits per heavy atom. The molecule has 0 aromatic carbocycles. The number of hydrogen-bond donors (Lipinski definition) is 2. The van der Waals surface area contributed by atoms with Gasteiger partial charge in [-0.2, -0.15) is 0 Å². The standard InChI is InChI=1S/C15H21NO5S/c1-7-11-10(8(2)17)14(18)16(11)12(15(19)20)13(7)22-9-5-3-4-6-21-9/h7-11,17H,3-6H2,1-2H3,(H,19,20)/t7-,8-,9?,10-,11-/m1/s1. The van der Waals surface area contributed by atoms with Gasteiger partial charge in [-0.1, -0.05) is 18.7 Å². The van der Waals surface area contributed by atoms with Gasteiger partial charge in [-0.15, -0.1) is 0 Å². The highest BCUT2D eigenvalue weighted by molar-refractivity contribution is 8.03. The highest BCUT2D eigenvalue weighted by Crippen LogP contribution is 2.51. The number of carbonyl (C=O) groups excluding carboxylic acids is 1. The minimum absolute atomic E-state index is 0.0423. The third-order valence-corrected chi connectivity index (χ3v) is 6.16. The molecule has 1 amide bonds. The lowest BCUT2D eigenvalue weighted by Crippen LogP contribution is -2.63. The second kappa shape index (κ2) is 5.86. The Morgan fingerprint density at radius 1 is 1.45 bits per heavy atom. The summed E-state index contributed by atoms with van der Waals surface area (Å²) in [5.41, 5.74) is 0.0397. The van der Waals surface area contributed by atoms with Crippen LogP contribution in [-0.2, 0) is 14.3 Å². The molecule has 6 nitrogen and oxygen atoms in total. The predicted molar refractivity (Wildman–Crippen MR) is 80.8 cm³/mol. The van der Waals surface area contributed by atoms with Crippen LogP contribution in [0.2, 0.25) is 0 Å². The largest absolute Gasteiger partial charge is 0.477 e. The maximum atomic E-state index is 12.2. The molecule has 0 aliphatic carbocycles. The van der Waals surface area contributed by atoms with E-state index in [0.29, 0.717) is 11.5 Å². The number of carboxylic acids is 1. The van der Waals surface area contributed by atoms with E-state index in [4.69, 9.17) is 4.74 Å². The topological polar surface area (TPSA) is 87.1 Å². The van der Waals surface area contributed by atoms with Crippen LogP contribution in [-0.4, -0.2) is 51.2 Å². The van der Waals surface area contributed by atoms with Gasteiger partial charge in [0.05, 0.1) is 18.1 Å². The molecule has 3 aliphatic heterocycles. The zero-order valence-electron chi connectivity index (χ0n) is 12.7. The Morgan fingerprint density at radius 2 is 2.18 bits per heavy atom. The SMILES string of the molecule is C[C@@H](O)[C@H]1C(=O)N2C(C(=O)O)=C(SC3CCCCO3)[C@H](C)[C@H]12. The van der Waals surface area contributed by atoms with Gasteiger partial charge in [0.25, 0.3) is 0 Å². The van der Waals surface area contributed by atoms with Crippen LogP contribution in [0, 0.1) is 11.8 Å². The highest BCUT2D eigenvalue weighted by atomic mass is 32.2. The van der Waals surface area contributed by atoms with Gasteiger partial charge in [0.2, 0.25) is 5.91 Å². The molecule has 3 heterocycles. The van der Waals surface area contributed by atoms with Crippen LogP contribution in [0.5, 0.6) is 0 Å². The number of rotatable bonds is 4. The van der Waals surface area contributed by atoms with E-state index in [-0.39, 0.29) is 29.0 Å². The van der Waals surface area contributed by atoms with Crippen molar-refractivity contribution in [2.45, 2.75) is 50.7 Å². The van der Waals surface area contributed by atoms with Crippen molar-refractivity contribution >= 4 is 23.6 Å². The van der Waals surface area contributed by atoms with Crippen molar-refractivity contribution in [1.29, 1.82) is 0 Å². The number of nitrogens with zero attached hydrogens (tertiary/aromatic N) is 1. The fourth-order valence-corrected chi connectivity index (χ4v) is 5.01. The predicted octanol–water partition coefficient (Wildman–Crippen LogP) is 1.40. The lowest BCUT2D eigenvalue weighted by Gasteiger charge is -2.46. The molecule has 0 bridgehead atoms. The molecule has 2 fully saturated rings. The molecule has 0 aromatic rings. The number of amides is 1. The molecule has 7 heteroatoms. The van der Waals surface area contributed by atoms with Crippen molar-refractivity contribution in [3.8, 4) is 0 Å². The molecule has 0 aromatic heterocycles. The summed E-state index contributed by atoms with van der Waals surface area (Å²) in [7, 11) is 0. The first-order chi connectivity index (χ1) is 10.4. The summed E-state index contributed by atoms with van der Waals surface area (Å²) in [4.78, 5) is 25.9. The normalized spacial score (nSPS) is 36.1. The van der Waals surface area contributed by atoms with Crippen LogP contribution >= 0.6 is 11.8 Å². The van der Waals surface area contributed by atoms with E-state index >= 15 is 0 Å². The number of thioether (sulfide) groups is 1. The van der Waals surface area contributed by atoms with Gasteiger partial charge in [0.1, 0.15) is 11.1 Å². The third kappa shape index (κ3) is 2.35. The first-order valence-electron chi connectivity index (χ1n) is 7.70. The molecule has 2 N–H and O–H groups in total. The van der Waals surface area contributed by atoms with Crippen LogP contribution in [0.25, 0.3) is 0 Å². The van der Waals surface area contributed by atoms with Crippen molar-refractivity contribution in [2.24, 2.45) is 11.8 Å². The Balaban J connectivity index is 1.86. The van der Waals surface area contributed by atoms with Crippen LogP contribution in [0.1, 0.15) is 33.1 Å².